The van der Waals surface area contributed by atoms with E-state index in [1.807, 2.05) is 12.1 Å². The SMILES string of the molecule is COc1ccc(C(=O)Nc2cc(-c3c(-c4ccc(F)cc4)nc4cccnn34)ccn2)cc1. The van der Waals surface area contributed by atoms with Gasteiger partial charge < -0.3 is 10.1 Å². The number of carbonyl (C=O) groups is 1. The van der Waals surface area contributed by atoms with Crippen molar-refractivity contribution in [1.82, 2.24) is 19.6 Å². The number of benzene rings is 2. The smallest absolute Gasteiger partial charge is 0.256 e. The molecule has 7 nitrogen and oxygen atoms in total. The number of methoxy groups -OCH3 is 1. The van der Waals surface area contributed by atoms with E-state index in [1.54, 1.807) is 72.5 Å². The van der Waals surface area contributed by atoms with Gasteiger partial charge in [0.1, 0.15) is 23.1 Å². The molecule has 0 saturated heterocycles. The molecule has 33 heavy (non-hydrogen) atoms. The number of carbonyl (C=O) groups excluding carboxylic acids is 1. The number of hydrogen-bond acceptors (Lipinski definition) is 5. The molecule has 1 N–H and O–H groups in total. The van der Waals surface area contributed by atoms with Crippen LogP contribution in [0.5, 0.6) is 5.75 Å². The van der Waals surface area contributed by atoms with Gasteiger partial charge in [-0.25, -0.2) is 18.9 Å². The van der Waals surface area contributed by atoms with Crippen LogP contribution in [0.1, 0.15) is 10.4 Å². The van der Waals surface area contributed by atoms with Crippen molar-refractivity contribution in [2.24, 2.45) is 0 Å². The molecule has 3 aromatic heterocycles. The molecule has 5 rings (SSSR count). The average molecular weight is 439 g/mol. The number of ether oxygens (including phenoxy) is 1. The number of pyridine rings is 1. The van der Waals surface area contributed by atoms with Gasteiger partial charge in [-0.2, -0.15) is 5.10 Å². The number of rotatable bonds is 5. The molecule has 0 atom stereocenters. The van der Waals surface area contributed by atoms with Crippen molar-refractivity contribution in [1.29, 1.82) is 0 Å². The van der Waals surface area contributed by atoms with Gasteiger partial charge in [-0.1, -0.05) is 0 Å². The molecule has 0 fully saturated rings. The van der Waals surface area contributed by atoms with E-state index in [1.165, 1.54) is 12.1 Å². The van der Waals surface area contributed by atoms with Crippen LogP contribution in [0, 0.1) is 5.82 Å². The maximum Gasteiger partial charge on any atom is 0.256 e. The summed E-state index contributed by atoms with van der Waals surface area (Å²) in [6.45, 7) is 0. The first-order valence-electron chi connectivity index (χ1n) is 10.1. The minimum absolute atomic E-state index is 0.294. The molecule has 0 aliphatic heterocycles. The Morgan fingerprint density at radius 2 is 1.76 bits per heavy atom. The predicted molar refractivity (Wildman–Crippen MR) is 123 cm³/mol. The quantitative estimate of drug-likeness (QED) is 0.423. The lowest BCUT2D eigenvalue weighted by atomic mass is 10.1. The zero-order valence-electron chi connectivity index (χ0n) is 17.6. The monoisotopic (exact) mass is 439 g/mol. The zero-order chi connectivity index (χ0) is 22.8. The van der Waals surface area contributed by atoms with Gasteiger partial charge in [-0.3, -0.25) is 4.79 Å². The van der Waals surface area contributed by atoms with E-state index in [0.717, 1.165) is 11.1 Å². The summed E-state index contributed by atoms with van der Waals surface area (Å²) in [4.78, 5) is 21.7. The third-order valence-electron chi connectivity index (χ3n) is 5.14. The number of aromatic nitrogens is 4. The molecule has 0 aliphatic rings. The van der Waals surface area contributed by atoms with Crippen LogP contribution in [0.2, 0.25) is 0 Å². The number of halogens is 1. The van der Waals surface area contributed by atoms with Crippen LogP contribution in [-0.4, -0.2) is 32.6 Å². The Balaban J connectivity index is 1.54. The summed E-state index contributed by atoms with van der Waals surface area (Å²) in [7, 11) is 1.57. The largest absolute Gasteiger partial charge is 0.497 e. The third kappa shape index (κ3) is 4.01. The summed E-state index contributed by atoms with van der Waals surface area (Å²) in [6, 6.07) is 20.1. The van der Waals surface area contributed by atoms with Crippen LogP contribution in [0.15, 0.2) is 85.2 Å². The van der Waals surface area contributed by atoms with Gasteiger partial charge in [-0.15, -0.1) is 0 Å². The second-order valence-corrected chi connectivity index (χ2v) is 7.22. The molecule has 0 spiro atoms. The number of nitrogens with zero attached hydrogens (tertiary/aromatic N) is 4. The summed E-state index contributed by atoms with van der Waals surface area (Å²) < 4.78 is 20.3. The molecular formula is C25H18FN5O2. The Morgan fingerprint density at radius 1 is 0.970 bits per heavy atom. The third-order valence-corrected chi connectivity index (χ3v) is 5.14. The van der Waals surface area contributed by atoms with Crippen LogP contribution in [0.3, 0.4) is 0 Å². The van der Waals surface area contributed by atoms with Gasteiger partial charge in [0.2, 0.25) is 0 Å². The number of hydrogen-bond donors (Lipinski definition) is 1. The van der Waals surface area contributed by atoms with E-state index in [2.05, 4.69) is 15.4 Å². The van der Waals surface area contributed by atoms with Crippen molar-refractivity contribution in [3.63, 3.8) is 0 Å². The van der Waals surface area contributed by atoms with Gasteiger partial charge in [0.05, 0.1) is 12.8 Å². The number of imidazole rings is 1. The summed E-state index contributed by atoms with van der Waals surface area (Å²) in [5.41, 5.74) is 3.98. The fraction of sp³-hybridized carbons (Fsp3) is 0.0400. The highest BCUT2D eigenvalue weighted by molar-refractivity contribution is 6.04. The van der Waals surface area contributed by atoms with Crippen molar-refractivity contribution < 1.29 is 13.9 Å². The summed E-state index contributed by atoms with van der Waals surface area (Å²) in [5, 5.41) is 7.26. The molecule has 0 bridgehead atoms. The van der Waals surface area contributed by atoms with Crippen molar-refractivity contribution in [3.05, 3.63) is 96.6 Å². The molecule has 0 saturated carbocycles. The Labute approximate surface area is 188 Å². The lowest BCUT2D eigenvalue weighted by Crippen LogP contribution is -2.12. The van der Waals surface area contributed by atoms with E-state index >= 15 is 0 Å². The van der Waals surface area contributed by atoms with Crippen molar-refractivity contribution in [2.75, 3.05) is 12.4 Å². The number of fused-ring (bicyclic) bond motifs is 1. The first-order valence-corrected chi connectivity index (χ1v) is 10.1. The average Bonchev–Trinajstić information content (AvgIpc) is 3.24. The second kappa shape index (κ2) is 8.51. The summed E-state index contributed by atoms with van der Waals surface area (Å²) >= 11 is 0. The molecule has 0 aliphatic carbocycles. The van der Waals surface area contributed by atoms with Crippen molar-refractivity contribution in [3.8, 4) is 28.3 Å². The Hall–Kier alpha value is -4.59. The molecular weight excluding hydrogens is 421 g/mol. The second-order valence-electron chi connectivity index (χ2n) is 7.22. The van der Waals surface area contributed by atoms with Crippen LogP contribution < -0.4 is 10.1 Å². The van der Waals surface area contributed by atoms with Crippen LogP contribution in [0.25, 0.3) is 28.2 Å². The standard InChI is InChI=1S/C25H18FN5O2/c1-33-20-10-6-17(7-11-20)25(32)29-21-15-18(12-14-27-21)24-23(16-4-8-19(26)9-5-16)30-22-3-2-13-28-31(22)24/h2-15H,1H3,(H,27,29,32). The van der Waals surface area contributed by atoms with E-state index < -0.39 is 0 Å². The minimum atomic E-state index is -0.324. The molecule has 3 heterocycles. The summed E-state index contributed by atoms with van der Waals surface area (Å²) in [6.07, 6.45) is 3.27. The molecule has 1 amide bonds. The van der Waals surface area contributed by atoms with Crippen LogP contribution >= 0.6 is 0 Å². The topological polar surface area (TPSA) is 81.4 Å². The lowest BCUT2D eigenvalue weighted by Gasteiger charge is -2.09. The molecule has 8 heteroatoms. The highest BCUT2D eigenvalue weighted by Gasteiger charge is 2.18. The van der Waals surface area contributed by atoms with Gasteiger partial charge in [0.25, 0.3) is 5.91 Å². The maximum atomic E-state index is 13.5. The first kappa shape index (κ1) is 20.3. The van der Waals surface area contributed by atoms with Gasteiger partial charge in [-0.05, 0) is 72.8 Å². The van der Waals surface area contributed by atoms with E-state index in [0.29, 0.717) is 34.2 Å². The van der Waals surface area contributed by atoms with Gasteiger partial charge in [0, 0.05) is 29.1 Å². The molecule has 0 unspecified atom stereocenters. The Bertz CT molecular complexity index is 1450. The van der Waals surface area contributed by atoms with E-state index in [-0.39, 0.29) is 11.7 Å². The van der Waals surface area contributed by atoms with Gasteiger partial charge in [0.15, 0.2) is 5.65 Å². The molecule has 2 aromatic carbocycles. The van der Waals surface area contributed by atoms with Gasteiger partial charge >= 0.3 is 0 Å². The van der Waals surface area contributed by atoms with E-state index in [4.69, 9.17) is 9.72 Å². The molecule has 0 radical (unpaired) electrons. The summed E-state index contributed by atoms with van der Waals surface area (Å²) in [5.74, 6) is 0.427. The maximum absolute atomic E-state index is 13.5. The number of amides is 1. The predicted octanol–water partition coefficient (Wildman–Crippen LogP) is 4.86. The highest BCUT2D eigenvalue weighted by atomic mass is 19.1. The van der Waals surface area contributed by atoms with Crippen LogP contribution in [0.4, 0.5) is 10.2 Å². The molecule has 5 aromatic rings. The molecule has 162 valence electrons. The zero-order valence-corrected chi connectivity index (χ0v) is 17.6. The van der Waals surface area contributed by atoms with E-state index in [9.17, 15) is 9.18 Å². The highest BCUT2D eigenvalue weighted by Crippen LogP contribution is 2.33. The van der Waals surface area contributed by atoms with Crippen LogP contribution in [-0.2, 0) is 0 Å². The Kier molecular flexibility index (Phi) is 5.24. The fourth-order valence-electron chi connectivity index (χ4n) is 3.53. The number of nitrogens with one attached hydrogen (secondary N) is 1. The lowest BCUT2D eigenvalue weighted by molar-refractivity contribution is 0.102. The van der Waals surface area contributed by atoms with Crippen molar-refractivity contribution >= 4 is 17.4 Å². The number of anilines is 1. The fourth-order valence-corrected chi connectivity index (χ4v) is 3.53. The Morgan fingerprint density at radius 3 is 2.52 bits per heavy atom. The normalized spacial score (nSPS) is 10.8. The van der Waals surface area contributed by atoms with Crippen molar-refractivity contribution in [2.45, 2.75) is 0 Å². The minimum Gasteiger partial charge on any atom is -0.497 e. The first-order chi connectivity index (χ1) is 16.1.